The molecule has 61 heavy (non-hydrogen) atoms. The van der Waals surface area contributed by atoms with Gasteiger partial charge in [-0.25, -0.2) is 45.5 Å². The molecule has 0 unspecified atom stereocenters. The number of carbonyl (C=O) groups is 4. The molecule has 0 bridgehead atoms. The number of amides is 8. The van der Waals surface area contributed by atoms with Crippen molar-refractivity contribution in [3.8, 4) is 0 Å². The largest absolute Gasteiger partial charge is 0.333 e. The third-order valence-corrected chi connectivity index (χ3v) is 11.5. The van der Waals surface area contributed by atoms with Gasteiger partial charge in [0.25, 0.3) is 20.0 Å². The third kappa shape index (κ3) is 12.2. The molecule has 16 nitrogen and oxygen atoms in total. The molecule has 0 aliphatic rings. The molecule has 18 heteroatoms. The number of anilines is 6. The van der Waals surface area contributed by atoms with Gasteiger partial charge in [-0.1, -0.05) is 72.8 Å². The van der Waals surface area contributed by atoms with Crippen LogP contribution in [0, 0.1) is 13.8 Å². The van der Waals surface area contributed by atoms with Crippen molar-refractivity contribution in [2.45, 2.75) is 30.1 Å². The molecule has 312 valence electrons. The van der Waals surface area contributed by atoms with E-state index in [2.05, 4.69) is 31.9 Å². The van der Waals surface area contributed by atoms with E-state index in [1.54, 1.807) is 97.1 Å². The molecular weight excluding hydrogens is 821 g/mol. The molecule has 0 aliphatic heterocycles. The lowest BCUT2D eigenvalue weighted by Crippen LogP contribution is -2.35. The molecule has 8 amide bonds. The highest BCUT2D eigenvalue weighted by atomic mass is 32.2. The first kappa shape index (κ1) is 42.9. The summed E-state index contributed by atoms with van der Waals surface area (Å²) in [6, 6.07) is 35.4. The van der Waals surface area contributed by atoms with Crippen LogP contribution < -0.4 is 41.3 Å². The van der Waals surface area contributed by atoms with Crippen LogP contribution in [-0.2, 0) is 26.5 Å². The molecule has 0 radical (unpaired) electrons. The summed E-state index contributed by atoms with van der Waals surface area (Å²) in [5.41, 5.74) is 5.10. The summed E-state index contributed by atoms with van der Waals surface area (Å²) in [6.45, 7) is 3.73. The number of para-hydroxylation sites is 2. The fourth-order valence-electron chi connectivity index (χ4n) is 5.94. The summed E-state index contributed by atoms with van der Waals surface area (Å²) >= 11 is 0. The molecule has 0 saturated heterocycles. The lowest BCUT2D eigenvalue weighted by Gasteiger charge is -2.14. The van der Waals surface area contributed by atoms with Gasteiger partial charge in [-0.3, -0.25) is 0 Å². The normalized spacial score (nSPS) is 11.0. The summed E-state index contributed by atoms with van der Waals surface area (Å²) in [6.07, 6.45) is 0.449. The number of sulfonamides is 2. The van der Waals surface area contributed by atoms with Gasteiger partial charge in [-0.2, -0.15) is 0 Å². The molecule has 0 fully saturated rings. The molecule has 6 aromatic carbocycles. The van der Waals surface area contributed by atoms with E-state index in [0.717, 1.165) is 22.3 Å². The number of hydrogen-bond donors (Lipinski definition) is 8. The second-order valence-electron chi connectivity index (χ2n) is 13.6. The first-order chi connectivity index (χ1) is 29.1. The average Bonchev–Trinajstić information content (AvgIpc) is 3.19. The van der Waals surface area contributed by atoms with Crippen molar-refractivity contribution in [1.82, 2.24) is 9.44 Å². The minimum absolute atomic E-state index is 0.0368. The lowest BCUT2D eigenvalue weighted by molar-refractivity contribution is 0.255. The van der Waals surface area contributed by atoms with Crippen molar-refractivity contribution in [3.05, 3.63) is 168 Å². The van der Waals surface area contributed by atoms with Crippen LogP contribution in [0.25, 0.3) is 0 Å². The zero-order valence-corrected chi connectivity index (χ0v) is 34.3. The Bertz CT molecular complexity index is 2630. The molecule has 0 aliphatic carbocycles. The van der Waals surface area contributed by atoms with Gasteiger partial charge in [-0.05, 0) is 115 Å². The first-order valence-corrected chi connectivity index (χ1v) is 21.4. The lowest BCUT2D eigenvalue weighted by atomic mass is 10.0. The van der Waals surface area contributed by atoms with Crippen molar-refractivity contribution < 1.29 is 36.0 Å². The van der Waals surface area contributed by atoms with Crippen LogP contribution in [0.2, 0.25) is 0 Å². The minimum atomic E-state index is -4.41. The zero-order valence-electron chi connectivity index (χ0n) is 32.6. The highest BCUT2D eigenvalue weighted by molar-refractivity contribution is 7.90. The Morgan fingerprint density at radius 1 is 0.393 bits per heavy atom. The number of aryl methyl sites for hydroxylation is 2. The number of urea groups is 4. The Labute approximate surface area is 352 Å². The summed E-state index contributed by atoms with van der Waals surface area (Å²) in [5, 5.41) is 15.3. The third-order valence-electron chi connectivity index (χ3n) is 8.69. The van der Waals surface area contributed by atoms with Crippen LogP contribution in [0.4, 0.5) is 53.3 Å². The van der Waals surface area contributed by atoms with Gasteiger partial charge in [0, 0.05) is 22.7 Å². The molecule has 0 spiro atoms. The van der Waals surface area contributed by atoms with Crippen molar-refractivity contribution in [1.29, 1.82) is 0 Å². The first-order valence-electron chi connectivity index (χ1n) is 18.4. The van der Waals surface area contributed by atoms with Gasteiger partial charge >= 0.3 is 24.1 Å². The zero-order chi connectivity index (χ0) is 43.6. The van der Waals surface area contributed by atoms with Crippen LogP contribution in [0.3, 0.4) is 0 Å². The number of hydrogen-bond acceptors (Lipinski definition) is 8. The Hall–Kier alpha value is -7.70. The van der Waals surface area contributed by atoms with Crippen molar-refractivity contribution >= 4 is 78.3 Å². The van der Waals surface area contributed by atoms with Gasteiger partial charge < -0.3 is 31.9 Å². The second kappa shape index (κ2) is 18.9. The van der Waals surface area contributed by atoms with Crippen LogP contribution in [-0.4, -0.2) is 41.0 Å². The molecule has 0 heterocycles. The standard InChI is InChI=1S/C43H40N8O8S2/c1-28-9-7-11-34(25-28)46-40(52)48-36-13-3-5-15-38(36)60(56,57)50-42(54)44-32-21-17-30(18-22-32)27-31-19-23-33(24-20-31)45-43(55)51-61(58,59)39-16-6-4-14-37(39)49-41(53)47-35-12-8-10-29(2)26-35/h3-26H,27H2,1-2H3,(H2,44,50,54)(H2,45,51,55)(H2,46,48,52)(H2,47,49,53). The molecule has 0 atom stereocenters. The van der Waals surface area contributed by atoms with Crippen LogP contribution >= 0.6 is 0 Å². The smallest absolute Gasteiger partial charge is 0.308 e. The second-order valence-corrected chi connectivity index (χ2v) is 16.9. The van der Waals surface area contributed by atoms with Gasteiger partial charge in [0.15, 0.2) is 0 Å². The Morgan fingerprint density at radius 3 is 1.13 bits per heavy atom. The van der Waals surface area contributed by atoms with E-state index in [0.29, 0.717) is 29.2 Å². The van der Waals surface area contributed by atoms with Gasteiger partial charge in [0.05, 0.1) is 11.4 Å². The maximum atomic E-state index is 13.2. The highest BCUT2D eigenvalue weighted by Crippen LogP contribution is 2.24. The van der Waals surface area contributed by atoms with Gasteiger partial charge in [0.2, 0.25) is 0 Å². The Morgan fingerprint density at radius 2 is 0.754 bits per heavy atom. The van der Waals surface area contributed by atoms with Crippen molar-refractivity contribution in [3.63, 3.8) is 0 Å². The number of carbonyl (C=O) groups excluding carboxylic acids is 4. The fourth-order valence-corrected chi connectivity index (χ4v) is 8.08. The summed E-state index contributed by atoms with van der Waals surface area (Å²) in [7, 11) is -8.83. The predicted molar refractivity (Wildman–Crippen MR) is 235 cm³/mol. The van der Waals surface area contributed by atoms with Crippen molar-refractivity contribution in [2.75, 3.05) is 31.9 Å². The van der Waals surface area contributed by atoms with E-state index in [1.807, 2.05) is 35.4 Å². The van der Waals surface area contributed by atoms with E-state index in [-0.39, 0.29) is 21.2 Å². The van der Waals surface area contributed by atoms with Gasteiger partial charge in [-0.15, -0.1) is 0 Å². The highest BCUT2D eigenvalue weighted by Gasteiger charge is 2.24. The quantitative estimate of drug-likeness (QED) is 0.0596. The number of benzene rings is 6. The van der Waals surface area contributed by atoms with Crippen LogP contribution in [0.5, 0.6) is 0 Å². The van der Waals surface area contributed by atoms with Crippen LogP contribution in [0.1, 0.15) is 22.3 Å². The van der Waals surface area contributed by atoms with E-state index in [9.17, 15) is 36.0 Å². The van der Waals surface area contributed by atoms with E-state index in [4.69, 9.17) is 0 Å². The van der Waals surface area contributed by atoms with E-state index >= 15 is 0 Å². The Kier molecular flexibility index (Phi) is 13.3. The maximum absolute atomic E-state index is 13.2. The summed E-state index contributed by atoms with van der Waals surface area (Å²) in [4.78, 5) is 50.2. The topological polar surface area (TPSA) is 233 Å². The van der Waals surface area contributed by atoms with E-state index < -0.39 is 44.2 Å². The van der Waals surface area contributed by atoms with E-state index in [1.165, 1.54) is 36.4 Å². The SMILES string of the molecule is Cc1cccc(NC(=O)Nc2ccccc2S(=O)(=O)NC(=O)Nc2ccc(Cc3ccc(NC(=O)NS(=O)(=O)c4ccccc4NC(=O)Nc4cccc(C)c4)cc3)cc2)c1. The van der Waals surface area contributed by atoms with Gasteiger partial charge in [0.1, 0.15) is 9.79 Å². The molecule has 8 N–H and O–H groups in total. The van der Waals surface area contributed by atoms with Crippen LogP contribution in [0.15, 0.2) is 155 Å². The van der Waals surface area contributed by atoms with Crippen molar-refractivity contribution in [2.24, 2.45) is 0 Å². The number of nitrogens with one attached hydrogen (secondary N) is 8. The minimum Gasteiger partial charge on any atom is -0.308 e. The molecule has 6 aromatic rings. The maximum Gasteiger partial charge on any atom is 0.333 e. The molecule has 0 saturated carbocycles. The molecular formula is C43H40N8O8S2. The Balaban J connectivity index is 0.989. The molecule has 0 aromatic heterocycles. The molecule has 6 rings (SSSR count). The fraction of sp³-hybridized carbons (Fsp3) is 0.0698. The predicted octanol–water partition coefficient (Wildman–Crippen LogP) is 8.20. The number of rotatable bonds is 12. The summed E-state index contributed by atoms with van der Waals surface area (Å²) in [5.74, 6) is 0. The summed E-state index contributed by atoms with van der Waals surface area (Å²) < 4.78 is 56.7. The monoisotopic (exact) mass is 860 g/mol. The average molecular weight is 861 g/mol.